The maximum atomic E-state index is 12.5. The van der Waals surface area contributed by atoms with E-state index in [4.69, 9.17) is 4.74 Å². The molecule has 1 aliphatic rings. The minimum absolute atomic E-state index is 0.0291. The van der Waals surface area contributed by atoms with Crippen molar-refractivity contribution in [3.8, 4) is 11.5 Å². The first-order valence-electron chi connectivity index (χ1n) is 10.2. The number of sulfone groups is 1. The van der Waals surface area contributed by atoms with Crippen LogP contribution in [0.25, 0.3) is 0 Å². The van der Waals surface area contributed by atoms with E-state index in [1.807, 2.05) is 30.3 Å². The van der Waals surface area contributed by atoms with Crippen LogP contribution in [0.2, 0.25) is 0 Å². The van der Waals surface area contributed by atoms with E-state index in [0.29, 0.717) is 17.2 Å². The molecule has 1 fully saturated rings. The number of carbonyl (C=O) groups excluding carboxylic acids is 1. The lowest BCUT2D eigenvalue weighted by Crippen LogP contribution is -2.35. The molecule has 0 aliphatic carbocycles. The molecular weight excluding hydrogens is 464 g/mol. The van der Waals surface area contributed by atoms with Crippen LogP contribution in [-0.4, -0.2) is 40.3 Å². The molecular formula is C23H22N2O6S2. The highest BCUT2D eigenvalue weighted by molar-refractivity contribution is 7.92. The first kappa shape index (κ1) is 23.0. The van der Waals surface area contributed by atoms with Gasteiger partial charge in [-0.1, -0.05) is 18.2 Å². The third kappa shape index (κ3) is 5.98. The molecule has 33 heavy (non-hydrogen) atoms. The summed E-state index contributed by atoms with van der Waals surface area (Å²) in [5, 5.41) is 2.75. The van der Waals surface area contributed by atoms with Crippen molar-refractivity contribution >= 4 is 31.5 Å². The Hall–Kier alpha value is -3.21. The summed E-state index contributed by atoms with van der Waals surface area (Å²) in [4.78, 5) is 12.5. The van der Waals surface area contributed by atoms with Crippen molar-refractivity contribution < 1.29 is 26.4 Å². The first-order valence-corrected chi connectivity index (χ1v) is 13.5. The molecule has 1 aliphatic heterocycles. The molecule has 3 aromatic carbocycles. The Balaban J connectivity index is 1.37. The SMILES string of the molecule is O=C(Nc1ccc(Oc2ccccc2)cc1)c1ccc(S(=O)(=O)NC2CCS(=O)(=O)C2)cc1. The Morgan fingerprint density at radius 2 is 1.52 bits per heavy atom. The zero-order valence-corrected chi connectivity index (χ0v) is 19.1. The summed E-state index contributed by atoms with van der Waals surface area (Å²) < 4.78 is 56.3. The largest absolute Gasteiger partial charge is 0.457 e. The monoisotopic (exact) mass is 486 g/mol. The number of para-hydroxylation sites is 1. The van der Waals surface area contributed by atoms with Crippen molar-refractivity contribution in [2.75, 3.05) is 16.8 Å². The number of amides is 1. The van der Waals surface area contributed by atoms with Crippen molar-refractivity contribution in [3.63, 3.8) is 0 Å². The third-order valence-electron chi connectivity index (χ3n) is 5.07. The molecule has 0 aromatic heterocycles. The topological polar surface area (TPSA) is 119 Å². The molecule has 1 amide bonds. The predicted molar refractivity (Wildman–Crippen MR) is 125 cm³/mol. The van der Waals surface area contributed by atoms with E-state index in [1.54, 1.807) is 24.3 Å². The maximum absolute atomic E-state index is 12.5. The Morgan fingerprint density at radius 1 is 0.879 bits per heavy atom. The lowest BCUT2D eigenvalue weighted by molar-refractivity contribution is 0.102. The van der Waals surface area contributed by atoms with Gasteiger partial charge in [0.2, 0.25) is 10.0 Å². The Bertz CT molecular complexity index is 1340. The van der Waals surface area contributed by atoms with E-state index in [-0.39, 0.29) is 28.4 Å². The van der Waals surface area contributed by atoms with Crippen LogP contribution >= 0.6 is 0 Å². The normalized spacial score (nSPS) is 17.4. The van der Waals surface area contributed by atoms with Crippen molar-refractivity contribution in [3.05, 3.63) is 84.4 Å². The highest BCUT2D eigenvalue weighted by Gasteiger charge is 2.31. The van der Waals surface area contributed by atoms with Crippen LogP contribution in [0.15, 0.2) is 83.8 Å². The number of anilines is 1. The fourth-order valence-electron chi connectivity index (χ4n) is 3.40. The van der Waals surface area contributed by atoms with Gasteiger partial charge in [-0.15, -0.1) is 0 Å². The average molecular weight is 487 g/mol. The van der Waals surface area contributed by atoms with Crippen LogP contribution in [0.1, 0.15) is 16.8 Å². The minimum atomic E-state index is -3.89. The van der Waals surface area contributed by atoms with Crippen LogP contribution in [0, 0.1) is 0 Å². The first-order chi connectivity index (χ1) is 15.7. The van der Waals surface area contributed by atoms with Gasteiger partial charge in [-0.3, -0.25) is 4.79 Å². The van der Waals surface area contributed by atoms with Gasteiger partial charge in [-0.2, -0.15) is 0 Å². The van der Waals surface area contributed by atoms with E-state index in [1.165, 1.54) is 24.3 Å². The second kappa shape index (κ2) is 9.34. The summed E-state index contributed by atoms with van der Waals surface area (Å²) in [6.07, 6.45) is 0.247. The van der Waals surface area contributed by atoms with Crippen LogP contribution < -0.4 is 14.8 Å². The van der Waals surface area contributed by atoms with Crippen molar-refractivity contribution in [2.45, 2.75) is 17.4 Å². The van der Waals surface area contributed by atoms with Crippen LogP contribution in [0.3, 0.4) is 0 Å². The summed E-state index contributed by atoms with van der Waals surface area (Å²) in [5.74, 6) is 0.691. The lowest BCUT2D eigenvalue weighted by atomic mass is 10.2. The summed E-state index contributed by atoms with van der Waals surface area (Å²) in [7, 11) is -7.09. The van der Waals surface area contributed by atoms with E-state index < -0.39 is 31.8 Å². The molecule has 172 valence electrons. The summed E-state index contributed by atoms with van der Waals surface area (Å²) >= 11 is 0. The van der Waals surface area contributed by atoms with Gasteiger partial charge in [0.1, 0.15) is 11.5 Å². The fraction of sp³-hybridized carbons (Fsp3) is 0.174. The molecule has 10 heteroatoms. The van der Waals surface area contributed by atoms with Gasteiger partial charge in [-0.05, 0) is 67.1 Å². The molecule has 1 atom stereocenters. The van der Waals surface area contributed by atoms with Gasteiger partial charge in [0.15, 0.2) is 9.84 Å². The van der Waals surface area contributed by atoms with Gasteiger partial charge >= 0.3 is 0 Å². The number of ether oxygens (including phenoxy) is 1. The van der Waals surface area contributed by atoms with Gasteiger partial charge in [0.25, 0.3) is 5.91 Å². The number of benzene rings is 3. The third-order valence-corrected chi connectivity index (χ3v) is 8.38. The summed E-state index contributed by atoms with van der Waals surface area (Å²) in [5.41, 5.74) is 0.836. The summed E-state index contributed by atoms with van der Waals surface area (Å²) in [6.45, 7) is 0. The van der Waals surface area contributed by atoms with Crippen molar-refractivity contribution in [1.82, 2.24) is 4.72 Å². The van der Waals surface area contributed by atoms with E-state index in [2.05, 4.69) is 10.0 Å². The highest BCUT2D eigenvalue weighted by Crippen LogP contribution is 2.23. The Morgan fingerprint density at radius 3 is 2.12 bits per heavy atom. The smallest absolute Gasteiger partial charge is 0.255 e. The summed E-state index contributed by atoms with van der Waals surface area (Å²) in [6, 6.07) is 21.0. The van der Waals surface area contributed by atoms with Crippen LogP contribution in [0.4, 0.5) is 5.69 Å². The number of sulfonamides is 1. The number of hydrogen-bond donors (Lipinski definition) is 2. The van der Waals surface area contributed by atoms with E-state index in [0.717, 1.165) is 0 Å². The minimum Gasteiger partial charge on any atom is -0.457 e. The number of hydrogen-bond acceptors (Lipinski definition) is 6. The Kier molecular flexibility index (Phi) is 6.50. The lowest BCUT2D eigenvalue weighted by Gasteiger charge is -2.12. The van der Waals surface area contributed by atoms with Gasteiger partial charge in [-0.25, -0.2) is 21.6 Å². The number of carbonyl (C=O) groups is 1. The van der Waals surface area contributed by atoms with Crippen molar-refractivity contribution in [1.29, 1.82) is 0 Å². The highest BCUT2D eigenvalue weighted by atomic mass is 32.2. The molecule has 2 N–H and O–H groups in total. The average Bonchev–Trinajstić information content (AvgIpc) is 3.13. The molecule has 1 heterocycles. The van der Waals surface area contributed by atoms with Gasteiger partial charge in [0, 0.05) is 17.3 Å². The van der Waals surface area contributed by atoms with E-state index >= 15 is 0 Å². The molecule has 3 aromatic rings. The zero-order chi connectivity index (χ0) is 23.5. The quantitative estimate of drug-likeness (QED) is 0.529. The van der Waals surface area contributed by atoms with Crippen molar-refractivity contribution in [2.24, 2.45) is 0 Å². The zero-order valence-electron chi connectivity index (χ0n) is 17.5. The molecule has 0 bridgehead atoms. The van der Waals surface area contributed by atoms with Crippen LogP contribution in [-0.2, 0) is 19.9 Å². The van der Waals surface area contributed by atoms with E-state index in [9.17, 15) is 21.6 Å². The second-order valence-electron chi connectivity index (χ2n) is 7.64. The van der Waals surface area contributed by atoms with Gasteiger partial charge < -0.3 is 10.1 Å². The molecule has 1 unspecified atom stereocenters. The number of nitrogens with one attached hydrogen (secondary N) is 2. The molecule has 0 spiro atoms. The predicted octanol–water partition coefficient (Wildman–Crippen LogP) is 3.20. The molecule has 8 nitrogen and oxygen atoms in total. The molecule has 0 radical (unpaired) electrons. The fourth-order valence-corrected chi connectivity index (χ4v) is 6.44. The standard InChI is InChI=1S/C23H22N2O6S2/c26-23(24-18-8-10-21(11-9-18)31-20-4-2-1-3-5-20)17-6-12-22(13-7-17)33(29,30)25-19-14-15-32(27,28)16-19/h1-13,19,25H,14-16H2,(H,24,26). The van der Waals surface area contributed by atoms with Gasteiger partial charge in [0.05, 0.1) is 16.4 Å². The van der Waals surface area contributed by atoms with Crippen LogP contribution in [0.5, 0.6) is 11.5 Å². The molecule has 4 rings (SSSR count). The number of rotatable bonds is 7. The molecule has 1 saturated heterocycles. The maximum Gasteiger partial charge on any atom is 0.255 e. The second-order valence-corrected chi connectivity index (χ2v) is 11.6. The Labute approximate surface area is 192 Å². The molecule has 0 saturated carbocycles.